The van der Waals surface area contributed by atoms with Crippen molar-refractivity contribution in [2.24, 2.45) is 0 Å². The van der Waals surface area contributed by atoms with Gasteiger partial charge in [0.2, 0.25) is 0 Å². The highest BCUT2D eigenvalue weighted by molar-refractivity contribution is 6.48. The maximum Gasteiger partial charge on any atom is 0.297 e. The second-order valence-electron chi connectivity index (χ2n) is 11.0. The number of aromatic nitrogens is 2. The van der Waals surface area contributed by atoms with Gasteiger partial charge in [-0.15, -0.1) is 0 Å². The van der Waals surface area contributed by atoms with Crippen molar-refractivity contribution in [3.63, 3.8) is 0 Å². The molecule has 5 rings (SSSR count). The minimum Gasteiger partial charge on any atom is -0.492 e. The highest BCUT2D eigenvalue weighted by Crippen LogP contribution is 2.30. The van der Waals surface area contributed by atoms with Crippen molar-refractivity contribution >= 4 is 34.2 Å². The highest BCUT2D eigenvalue weighted by atomic mass is 16.5. The van der Waals surface area contributed by atoms with Crippen LogP contribution in [0.3, 0.4) is 0 Å². The second-order valence-corrected chi connectivity index (χ2v) is 11.0. The fourth-order valence-corrected chi connectivity index (χ4v) is 4.69. The van der Waals surface area contributed by atoms with Gasteiger partial charge in [0.1, 0.15) is 18.2 Å². The summed E-state index contributed by atoms with van der Waals surface area (Å²) < 4.78 is 12.6. The van der Waals surface area contributed by atoms with Crippen LogP contribution >= 0.6 is 0 Å². The Labute approximate surface area is 239 Å². The summed E-state index contributed by atoms with van der Waals surface area (Å²) in [5, 5.41) is 8.48. The van der Waals surface area contributed by atoms with E-state index < -0.39 is 17.6 Å². The summed E-state index contributed by atoms with van der Waals surface area (Å²) in [6.45, 7) is 10.3. The molecule has 0 aliphatic carbocycles. The molecule has 1 aliphatic heterocycles. The molecular weight excluding hydrogens is 520 g/mol. The van der Waals surface area contributed by atoms with Gasteiger partial charge < -0.3 is 14.8 Å². The lowest BCUT2D eigenvalue weighted by atomic mass is 9.92. The molecule has 0 radical (unpaired) electrons. The Morgan fingerprint density at radius 1 is 0.927 bits per heavy atom. The largest absolute Gasteiger partial charge is 0.492 e. The van der Waals surface area contributed by atoms with Crippen LogP contribution in [-0.2, 0) is 14.9 Å². The van der Waals surface area contributed by atoms with Crippen LogP contribution in [0.5, 0.6) is 5.75 Å². The first-order chi connectivity index (χ1) is 19.7. The van der Waals surface area contributed by atoms with Crippen LogP contribution in [0.2, 0.25) is 0 Å². The van der Waals surface area contributed by atoms with Gasteiger partial charge in [0.25, 0.3) is 17.6 Å². The monoisotopic (exact) mass is 554 g/mol. The van der Waals surface area contributed by atoms with E-state index in [9.17, 15) is 14.4 Å². The number of ether oxygens (including phenoxy) is 2. The third-order valence-corrected chi connectivity index (χ3v) is 7.04. The summed E-state index contributed by atoms with van der Waals surface area (Å²) >= 11 is 0. The molecule has 0 bridgehead atoms. The van der Waals surface area contributed by atoms with E-state index in [-0.39, 0.29) is 16.8 Å². The van der Waals surface area contributed by atoms with Gasteiger partial charge in [-0.1, -0.05) is 63.2 Å². The first kappa shape index (κ1) is 28.2. The van der Waals surface area contributed by atoms with E-state index in [1.165, 1.54) is 0 Å². The van der Waals surface area contributed by atoms with Crippen molar-refractivity contribution in [2.45, 2.75) is 26.2 Å². The predicted octanol–water partition coefficient (Wildman–Crippen LogP) is 4.55. The quantitative estimate of drug-likeness (QED) is 0.252. The van der Waals surface area contributed by atoms with E-state index in [1.807, 2.05) is 45.0 Å². The summed E-state index contributed by atoms with van der Waals surface area (Å²) in [6.07, 6.45) is 0. The molecule has 9 heteroatoms. The average molecular weight is 555 g/mol. The smallest absolute Gasteiger partial charge is 0.297 e. The molecule has 1 aliphatic rings. The standard InChI is InChI=1S/C32H34N4O5/c1-32(2,3)27-21-28(36(34-27)31(39)22-9-5-4-6-10-22)33-30(38)29(37)25-13-14-26(24-12-8-7-11-23(24)25)41-20-17-35-15-18-40-19-16-35/h4-14,21H,15-20H2,1-3H3,(H,33,38). The number of nitrogens with zero attached hydrogens (tertiary/aromatic N) is 3. The SMILES string of the molecule is CC(C)(C)c1cc(NC(=O)C(=O)c2ccc(OCCN3CCOCC3)c3ccccc23)n(C(=O)c2ccccc2)n1. The Balaban J connectivity index is 1.38. The lowest BCUT2D eigenvalue weighted by Gasteiger charge is -2.26. The van der Waals surface area contributed by atoms with Crippen LogP contribution in [0.1, 0.15) is 47.2 Å². The van der Waals surface area contributed by atoms with Crippen LogP contribution in [0.15, 0.2) is 72.8 Å². The van der Waals surface area contributed by atoms with Crippen LogP contribution in [0.4, 0.5) is 5.82 Å². The zero-order chi connectivity index (χ0) is 29.0. The first-order valence-corrected chi connectivity index (χ1v) is 13.7. The number of amides is 1. The number of nitrogens with one attached hydrogen (secondary N) is 1. The number of anilines is 1. The van der Waals surface area contributed by atoms with Crippen LogP contribution in [0, 0.1) is 0 Å². The number of rotatable bonds is 8. The average Bonchev–Trinajstić information content (AvgIpc) is 3.42. The minimum atomic E-state index is -0.862. The third-order valence-electron chi connectivity index (χ3n) is 7.04. The summed E-state index contributed by atoms with van der Waals surface area (Å²) in [7, 11) is 0. The van der Waals surface area contributed by atoms with Gasteiger partial charge in [-0.05, 0) is 29.7 Å². The van der Waals surface area contributed by atoms with Crippen LogP contribution in [0.25, 0.3) is 10.8 Å². The van der Waals surface area contributed by atoms with Crippen molar-refractivity contribution < 1.29 is 23.9 Å². The Bertz CT molecular complexity index is 1570. The summed E-state index contributed by atoms with van der Waals surface area (Å²) in [5.74, 6) is -1.22. The zero-order valence-electron chi connectivity index (χ0n) is 23.6. The Kier molecular flexibility index (Phi) is 8.28. The number of Topliss-reactive ketones (excluding diaryl/α,β-unsaturated/α-hetero) is 1. The van der Waals surface area contributed by atoms with Crippen LogP contribution < -0.4 is 10.1 Å². The molecule has 3 aromatic carbocycles. The van der Waals surface area contributed by atoms with E-state index in [0.29, 0.717) is 29.0 Å². The van der Waals surface area contributed by atoms with Crippen molar-refractivity contribution in [1.29, 1.82) is 0 Å². The van der Waals surface area contributed by atoms with Crippen molar-refractivity contribution in [3.05, 3.63) is 89.6 Å². The number of ketones is 1. The number of hydrogen-bond donors (Lipinski definition) is 1. The summed E-state index contributed by atoms with van der Waals surface area (Å²) in [4.78, 5) is 42.3. The molecule has 0 atom stereocenters. The Morgan fingerprint density at radius 3 is 2.32 bits per heavy atom. The predicted molar refractivity (Wildman–Crippen MR) is 157 cm³/mol. The normalized spacial score (nSPS) is 14.1. The molecule has 1 N–H and O–H groups in total. The van der Waals surface area contributed by atoms with E-state index in [1.54, 1.807) is 48.5 Å². The molecule has 1 aromatic heterocycles. The van der Waals surface area contributed by atoms with E-state index in [0.717, 1.165) is 42.9 Å². The fraction of sp³-hybridized carbons (Fsp3) is 0.312. The van der Waals surface area contributed by atoms with Gasteiger partial charge in [-0.2, -0.15) is 9.78 Å². The molecule has 0 unspecified atom stereocenters. The molecule has 41 heavy (non-hydrogen) atoms. The Morgan fingerprint density at radius 2 is 1.61 bits per heavy atom. The van der Waals surface area contributed by atoms with E-state index >= 15 is 0 Å². The molecule has 1 fully saturated rings. The van der Waals surface area contributed by atoms with Gasteiger partial charge >= 0.3 is 0 Å². The highest BCUT2D eigenvalue weighted by Gasteiger charge is 2.27. The van der Waals surface area contributed by atoms with Crippen LogP contribution in [-0.4, -0.2) is 71.7 Å². The van der Waals surface area contributed by atoms with E-state index in [2.05, 4.69) is 15.3 Å². The van der Waals surface area contributed by atoms with Gasteiger partial charge in [-0.3, -0.25) is 19.3 Å². The third kappa shape index (κ3) is 6.37. The van der Waals surface area contributed by atoms with Gasteiger partial charge in [0, 0.05) is 47.6 Å². The first-order valence-electron chi connectivity index (χ1n) is 13.7. The maximum atomic E-state index is 13.5. The number of hydrogen-bond acceptors (Lipinski definition) is 7. The molecule has 0 saturated carbocycles. The fourth-order valence-electron chi connectivity index (χ4n) is 4.69. The maximum absolute atomic E-state index is 13.5. The number of morpholine rings is 1. The van der Waals surface area contributed by atoms with E-state index in [4.69, 9.17) is 9.47 Å². The lowest BCUT2D eigenvalue weighted by molar-refractivity contribution is -0.112. The zero-order valence-corrected chi connectivity index (χ0v) is 23.6. The molecule has 2 heterocycles. The van der Waals surface area contributed by atoms with Crippen molar-refractivity contribution in [1.82, 2.24) is 14.7 Å². The lowest BCUT2D eigenvalue weighted by Crippen LogP contribution is -2.38. The molecule has 1 saturated heterocycles. The van der Waals surface area contributed by atoms with Gasteiger partial charge in [0.15, 0.2) is 0 Å². The number of carbonyl (C=O) groups is 3. The number of carbonyl (C=O) groups excluding carboxylic acids is 3. The summed E-state index contributed by atoms with van der Waals surface area (Å²) in [6, 6.07) is 21.0. The molecule has 9 nitrogen and oxygen atoms in total. The molecule has 4 aromatic rings. The topological polar surface area (TPSA) is 103 Å². The Hall–Kier alpha value is -4.34. The summed E-state index contributed by atoms with van der Waals surface area (Å²) in [5.41, 5.74) is 0.872. The van der Waals surface area contributed by atoms with Crippen molar-refractivity contribution in [3.8, 4) is 5.75 Å². The molecule has 1 amide bonds. The minimum absolute atomic E-state index is 0.134. The van der Waals surface area contributed by atoms with Crippen molar-refractivity contribution in [2.75, 3.05) is 44.8 Å². The van der Waals surface area contributed by atoms with Gasteiger partial charge in [-0.25, -0.2) is 0 Å². The number of benzene rings is 3. The second kappa shape index (κ2) is 12.0. The molecule has 212 valence electrons. The molecule has 0 spiro atoms. The van der Waals surface area contributed by atoms with Gasteiger partial charge in [0.05, 0.1) is 18.9 Å². The number of fused-ring (bicyclic) bond motifs is 1. The molecular formula is C32H34N4O5.